The minimum absolute atomic E-state index is 0.0204. The second-order valence-electron chi connectivity index (χ2n) is 11.9. The number of aliphatic hydroxyl groups is 1. The number of ether oxygens (including phenoxy) is 2. The average molecular weight is 684 g/mol. The predicted octanol–water partition coefficient (Wildman–Crippen LogP) is 3.53. The standard InChI is InChI=1S/C33H41N5O9S/c1-19-7-5-11-34-28(41)10-9-20(2)30(21(3)16-46-33(44)37-27-18-48-22(4)35-27)47-32(43)26-8-6-12-38(26)31(42)25-17-45-29(36-25)15-24(40)14-23(39)13-19/h5,7,9-10,13,17-18,20-21,23,26,30,39H,6,8,11-12,14-16H2,1-4H3,(H,34,41)(H,37,44)/b7-5?,10-9+,19-13?. The highest BCUT2D eigenvalue weighted by atomic mass is 32.1. The van der Waals surface area contributed by atoms with Crippen molar-refractivity contribution in [3.63, 3.8) is 0 Å². The lowest BCUT2D eigenvalue weighted by Crippen LogP contribution is -2.44. The van der Waals surface area contributed by atoms with Gasteiger partial charge in [-0.15, -0.1) is 11.3 Å². The van der Waals surface area contributed by atoms with Gasteiger partial charge in [0.15, 0.2) is 5.69 Å². The highest BCUT2D eigenvalue weighted by molar-refractivity contribution is 7.09. The molecule has 0 saturated carbocycles. The quantitative estimate of drug-likeness (QED) is 0.400. The molecule has 2 aromatic heterocycles. The number of oxazole rings is 1. The second-order valence-corrected chi connectivity index (χ2v) is 13.0. The summed E-state index contributed by atoms with van der Waals surface area (Å²) in [5.41, 5.74) is 0.631. The maximum Gasteiger partial charge on any atom is 0.412 e. The Labute approximate surface area is 282 Å². The third-order valence-corrected chi connectivity index (χ3v) is 8.55. The lowest BCUT2D eigenvalue weighted by atomic mass is 9.93. The van der Waals surface area contributed by atoms with Gasteiger partial charge in [0.25, 0.3) is 5.91 Å². The van der Waals surface area contributed by atoms with Crippen LogP contribution in [-0.4, -0.2) is 87.6 Å². The number of fused-ring (bicyclic) bond motifs is 3. The van der Waals surface area contributed by atoms with E-state index in [0.717, 1.165) is 11.3 Å². The second kappa shape index (κ2) is 17.0. The van der Waals surface area contributed by atoms with Gasteiger partial charge in [-0.1, -0.05) is 43.7 Å². The molecule has 4 rings (SSSR count). The zero-order valence-corrected chi connectivity index (χ0v) is 28.2. The molecule has 5 unspecified atom stereocenters. The number of allylic oxidation sites excluding steroid dienone is 2. The van der Waals surface area contributed by atoms with Crippen LogP contribution in [0, 0.1) is 18.8 Å². The number of Topliss-reactive ketones (excluding diaryl/α,β-unsaturated/α-hetero) is 1. The first-order chi connectivity index (χ1) is 22.9. The Kier molecular flexibility index (Phi) is 12.8. The predicted molar refractivity (Wildman–Crippen MR) is 175 cm³/mol. The number of carbonyl (C=O) groups is 5. The zero-order valence-electron chi connectivity index (χ0n) is 27.3. The number of carbonyl (C=O) groups excluding carboxylic acids is 5. The molecule has 258 valence electrons. The minimum Gasteiger partial charge on any atom is -0.460 e. The molecular formula is C33H41N5O9S. The van der Waals surface area contributed by atoms with Gasteiger partial charge in [0.2, 0.25) is 11.8 Å². The van der Waals surface area contributed by atoms with E-state index in [-0.39, 0.29) is 55.8 Å². The van der Waals surface area contributed by atoms with E-state index in [4.69, 9.17) is 13.9 Å². The number of amides is 3. The van der Waals surface area contributed by atoms with Gasteiger partial charge in [0, 0.05) is 36.7 Å². The largest absolute Gasteiger partial charge is 0.460 e. The van der Waals surface area contributed by atoms with Crippen molar-refractivity contribution in [2.24, 2.45) is 11.8 Å². The van der Waals surface area contributed by atoms with Gasteiger partial charge in [0.1, 0.15) is 30.0 Å². The SMILES string of the molecule is CC1=CC(O)CC(=O)Cc2nc(co2)C(=O)N2CCCC2C(=O)OC(C(C)COC(=O)Nc2csc(C)n2)C(C)/C=C/C(=O)NCC=C1. The molecule has 0 radical (unpaired) electrons. The highest BCUT2D eigenvalue weighted by Crippen LogP contribution is 2.26. The molecule has 3 amide bonds. The number of hydrogen-bond acceptors (Lipinski definition) is 12. The first kappa shape index (κ1) is 36.2. The van der Waals surface area contributed by atoms with Crippen LogP contribution in [0.25, 0.3) is 0 Å². The van der Waals surface area contributed by atoms with Gasteiger partial charge in [-0.2, -0.15) is 0 Å². The number of aryl methyl sites for hydroxylation is 1. The molecule has 5 atom stereocenters. The molecule has 14 nitrogen and oxygen atoms in total. The van der Waals surface area contributed by atoms with Crippen LogP contribution in [0.15, 0.2) is 52.0 Å². The Morgan fingerprint density at radius 3 is 2.77 bits per heavy atom. The summed E-state index contributed by atoms with van der Waals surface area (Å²) in [7, 11) is 0. The Morgan fingerprint density at radius 2 is 2.02 bits per heavy atom. The molecule has 15 heteroatoms. The van der Waals surface area contributed by atoms with Crippen molar-refractivity contribution in [1.29, 1.82) is 0 Å². The van der Waals surface area contributed by atoms with Gasteiger partial charge in [-0.25, -0.2) is 19.6 Å². The summed E-state index contributed by atoms with van der Waals surface area (Å²) in [6, 6.07) is -0.913. The van der Waals surface area contributed by atoms with Crippen molar-refractivity contribution in [3.8, 4) is 0 Å². The first-order valence-corrected chi connectivity index (χ1v) is 16.6. The zero-order chi connectivity index (χ0) is 34.8. The molecule has 2 bridgehead atoms. The highest BCUT2D eigenvalue weighted by Gasteiger charge is 2.39. The maximum atomic E-state index is 13.6. The van der Waals surface area contributed by atoms with Crippen LogP contribution in [-0.2, 0) is 30.3 Å². The van der Waals surface area contributed by atoms with Crippen molar-refractivity contribution in [3.05, 3.63) is 64.2 Å². The summed E-state index contributed by atoms with van der Waals surface area (Å²) in [5.74, 6) is -2.54. The fourth-order valence-electron chi connectivity index (χ4n) is 5.41. The fourth-order valence-corrected chi connectivity index (χ4v) is 5.96. The van der Waals surface area contributed by atoms with Gasteiger partial charge < -0.3 is 29.2 Å². The van der Waals surface area contributed by atoms with Crippen molar-refractivity contribution < 1.29 is 43.0 Å². The van der Waals surface area contributed by atoms with E-state index < -0.39 is 48.1 Å². The number of ketones is 1. The van der Waals surface area contributed by atoms with E-state index in [1.165, 1.54) is 28.4 Å². The molecule has 2 aromatic rings. The van der Waals surface area contributed by atoms with Crippen molar-refractivity contribution in [2.75, 3.05) is 25.0 Å². The summed E-state index contributed by atoms with van der Waals surface area (Å²) in [6.45, 7) is 7.45. The summed E-state index contributed by atoms with van der Waals surface area (Å²) >= 11 is 1.38. The molecule has 0 spiro atoms. The Morgan fingerprint density at radius 1 is 1.23 bits per heavy atom. The van der Waals surface area contributed by atoms with E-state index in [1.54, 1.807) is 44.4 Å². The number of esters is 1. The molecule has 48 heavy (non-hydrogen) atoms. The normalized spacial score (nSPS) is 24.6. The summed E-state index contributed by atoms with van der Waals surface area (Å²) < 4.78 is 16.8. The number of hydrogen-bond donors (Lipinski definition) is 3. The Bertz CT molecular complexity index is 1580. The Hall–Kier alpha value is -4.63. The number of thiazole rings is 1. The number of nitrogens with one attached hydrogen (secondary N) is 2. The van der Waals surface area contributed by atoms with Crippen molar-refractivity contribution in [1.82, 2.24) is 20.2 Å². The molecule has 1 saturated heterocycles. The van der Waals surface area contributed by atoms with E-state index in [1.807, 2.05) is 6.92 Å². The van der Waals surface area contributed by atoms with Crippen LogP contribution in [0.1, 0.15) is 61.4 Å². The average Bonchev–Trinajstić information content (AvgIpc) is 3.80. The van der Waals surface area contributed by atoms with Crippen LogP contribution in [0.5, 0.6) is 0 Å². The lowest BCUT2D eigenvalue weighted by Gasteiger charge is -2.30. The smallest absolute Gasteiger partial charge is 0.412 e. The molecule has 2 aliphatic rings. The third-order valence-electron chi connectivity index (χ3n) is 7.78. The van der Waals surface area contributed by atoms with Crippen LogP contribution < -0.4 is 10.6 Å². The van der Waals surface area contributed by atoms with Gasteiger partial charge in [-0.05, 0) is 32.8 Å². The molecule has 0 aromatic carbocycles. The van der Waals surface area contributed by atoms with E-state index in [9.17, 15) is 29.1 Å². The van der Waals surface area contributed by atoms with Gasteiger partial charge in [0.05, 0.1) is 24.1 Å². The molecule has 0 aliphatic carbocycles. The number of cyclic esters (lactones) is 1. The molecule has 1 fully saturated rings. The number of nitrogens with zero attached hydrogens (tertiary/aromatic N) is 3. The van der Waals surface area contributed by atoms with Crippen molar-refractivity contribution in [2.45, 2.75) is 71.6 Å². The molecular weight excluding hydrogens is 642 g/mol. The lowest BCUT2D eigenvalue weighted by molar-refractivity contribution is -0.159. The number of aromatic nitrogens is 2. The minimum atomic E-state index is -1.05. The topological polar surface area (TPSA) is 190 Å². The van der Waals surface area contributed by atoms with Gasteiger partial charge >= 0.3 is 12.1 Å². The van der Waals surface area contributed by atoms with E-state index in [2.05, 4.69) is 20.6 Å². The fraction of sp³-hybridized carbons (Fsp3) is 0.485. The molecule has 4 heterocycles. The van der Waals surface area contributed by atoms with Crippen LogP contribution in [0.3, 0.4) is 0 Å². The number of aliphatic hydroxyl groups excluding tert-OH is 1. The summed E-state index contributed by atoms with van der Waals surface area (Å²) in [5, 5.41) is 18.1. The Balaban J connectivity index is 1.54. The van der Waals surface area contributed by atoms with Crippen LogP contribution in [0.4, 0.5) is 10.6 Å². The van der Waals surface area contributed by atoms with E-state index >= 15 is 0 Å². The summed E-state index contributed by atoms with van der Waals surface area (Å²) in [4.78, 5) is 74.3. The third kappa shape index (κ3) is 10.4. The number of rotatable bonds is 4. The monoisotopic (exact) mass is 683 g/mol. The maximum absolute atomic E-state index is 13.6. The van der Waals surface area contributed by atoms with E-state index in [0.29, 0.717) is 24.2 Å². The van der Waals surface area contributed by atoms with Gasteiger partial charge in [-0.3, -0.25) is 19.7 Å². The van der Waals surface area contributed by atoms with Crippen molar-refractivity contribution >= 4 is 46.8 Å². The van der Waals surface area contributed by atoms with Crippen LogP contribution in [0.2, 0.25) is 0 Å². The molecule has 2 aliphatic heterocycles. The summed E-state index contributed by atoms with van der Waals surface area (Å²) in [6.07, 6.45) is 6.91. The number of anilines is 1. The first-order valence-electron chi connectivity index (χ1n) is 15.7. The molecule has 3 N–H and O–H groups in total. The van der Waals surface area contributed by atoms with Crippen LogP contribution >= 0.6 is 11.3 Å².